The fourth-order valence-corrected chi connectivity index (χ4v) is 3.86. The van der Waals surface area contributed by atoms with Gasteiger partial charge in [0.05, 0.1) is 5.52 Å². The first-order valence-electron chi connectivity index (χ1n) is 8.25. The predicted molar refractivity (Wildman–Crippen MR) is 98.3 cm³/mol. The first-order valence-corrected chi connectivity index (χ1v) is 8.25. The number of nitrogens with zero attached hydrogens (tertiary/aromatic N) is 2. The number of aromatic nitrogens is 1. The van der Waals surface area contributed by atoms with Gasteiger partial charge in [-0.15, -0.1) is 0 Å². The molecule has 0 saturated heterocycles. The second-order valence-electron chi connectivity index (χ2n) is 6.62. The van der Waals surface area contributed by atoms with Crippen molar-refractivity contribution < 1.29 is 0 Å². The lowest BCUT2D eigenvalue weighted by molar-refractivity contribution is 0.289. The number of rotatable bonds is 2. The maximum atomic E-state index is 5.84. The summed E-state index contributed by atoms with van der Waals surface area (Å²) in [5, 5.41) is 2.69. The van der Waals surface area contributed by atoms with Crippen LogP contribution < -0.4 is 5.73 Å². The molecule has 1 aromatic heterocycles. The van der Waals surface area contributed by atoms with E-state index < -0.39 is 0 Å². The van der Waals surface area contributed by atoms with Crippen LogP contribution in [0, 0.1) is 6.92 Å². The van der Waals surface area contributed by atoms with Crippen LogP contribution in [0.2, 0.25) is 0 Å². The van der Waals surface area contributed by atoms with E-state index in [1.807, 2.05) is 0 Å². The molecular weight excluding hydrogens is 282 g/mol. The molecule has 23 heavy (non-hydrogen) atoms. The number of aryl methyl sites for hydroxylation is 2. The van der Waals surface area contributed by atoms with Crippen molar-refractivity contribution >= 4 is 27.9 Å². The minimum Gasteiger partial charge on any atom is -0.369 e. The van der Waals surface area contributed by atoms with E-state index >= 15 is 0 Å². The van der Waals surface area contributed by atoms with Gasteiger partial charge in [0, 0.05) is 48.7 Å². The van der Waals surface area contributed by atoms with Gasteiger partial charge in [-0.1, -0.05) is 18.2 Å². The Morgan fingerprint density at radius 3 is 2.78 bits per heavy atom. The Labute approximate surface area is 137 Å². The molecule has 3 heteroatoms. The summed E-state index contributed by atoms with van der Waals surface area (Å²) in [5.41, 5.74) is 12.6. The van der Waals surface area contributed by atoms with Crippen LogP contribution in [0.3, 0.4) is 0 Å². The summed E-state index contributed by atoms with van der Waals surface area (Å²) in [5.74, 6) is 0. The highest BCUT2D eigenvalue weighted by molar-refractivity contribution is 6.10. The standard InChI is InChI=1S/C20H23N3/c1-13(11-21)23-9-8-16-14(2)20-18(10-15(16)12-23)17-6-4-5-7-19(17)22(20)3/h4-10,13H,11-12,21H2,1-3H3/t13-/m1/s1. The zero-order valence-electron chi connectivity index (χ0n) is 14.0. The fraction of sp³-hybridized carbons (Fsp3) is 0.300. The van der Waals surface area contributed by atoms with E-state index in [4.69, 9.17) is 5.73 Å². The maximum Gasteiger partial charge on any atom is 0.0524 e. The third kappa shape index (κ3) is 2.00. The van der Waals surface area contributed by atoms with Crippen LogP contribution in [0.4, 0.5) is 0 Å². The minimum absolute atomic E-state index is 0.364. The Morgan fingerprint density at radius 2 is 2.00 bits per heavy atom. The minimum atomic E-state index is 0.364. The van der Waals surface area contributed by atoms with E-state index in [9.17, 15) is 0 Å². The van der Waals surface area contributed by atoms with E-state index in [1.54, 1.807) is 0 Å². The Kier molecular flexibility index (Phi) is 3.20. The summed E-state index contributed by atoms with van der Waals surface area (Å²) in [6, 6.07) is 11.4. The maximum absolute atomic E-state index is 5.84. The molecule has 2 aromatic carbocycles. The van der Waals surface area contributed by atoms with Gasteiger partial charge in [-0.05, 0) is 48.7 Å². The van der Waals surface area contributed by atoms with Gasteiger partial charge in [-0.3, -0.25) is 0 Å². The Morgan fingerprint density at radius 1 is 1.22 bits per heavy atom. The van der Waals surface area contributed by atoms with Gasteiger partial charge < -0.3 is 15.2 Å². The third-order valence-corrected chi connectivity index (χ3v) is 5.26. The summed E-state index contributed by atoms with van der Waals surface area (Å²) in [6.45, 7) is 6.03. The third-order valence-electron chi connectivity index (χ3n) is 5.26. The van der Waals surface area contributed by atoms with E-state index in [-0.39, 0.29) is 0 Å². The van der Waals surface area contributed by atoms with Crippen LogP contribution in [0.25, 0.3) is 27.9 Å². The molecule has 3 nitrogen and oxygen atoms in total. The molecule has 1 aliphatic rings. The summed E-state index contributed by atoms with van der Waals surface area (Å²) >= 11 is 0. The molecule has 0 aliphatic carbocycles. The number of benzene rings is 2. The lowest BCUT2D eigenvalue weighted by atomic mass is 9.95. The van der Waals surface area contributed by atoms with Gasteiger partial charge in [0.15, 0.2) is 0 Å². The molecule has 0 radical (unpaired) electrons. The molecule has 0 bridgehead atoms. The molecule has 2 N–H and O–H groups in total. The zero-order valence-corrected chi connectivity index (χ0v) is 14.0. The second-order valence-corrected chi connectivity index (χ2v) is 6.62. The number of nitrogens with two attached hydrogens (primary N) is 1. The first-order chi connectivity index (χ1) is 11.1. The van der Waals surface area contributed by atoms with Gasteiger partial charge in [-0.25, -0.2) is 0 Å². The molecule has 2 heterocycles. The Hall–Kier alpha value is -2.26. The van der Waals surface area contributed by atoms with Crippen LogP contribution in [0.1, 0.15) is 23.6 Å². The van der Waals surface area contributed by atoms with Gasteiger partial charge in [0.2, 0.25) is 0 Å². The highest BCUT2D eigenvalue weighted by Crippen LogP contribution is 2.36. The average Bonchev–Trinajstić information content (AvgIpc) is 2.87. The fourth-order valence-electron chi connectivity index (χ4n) is 3.86. The van der Waals surface area contributed by atoms with Crippen LogP contribution in [0.15, 0.2) is 36.5 Å². The quantitative estimate of drug-likeness (QED) is 0.782. The van der Waals surface area contributed by atoms with Gasteiger partial charge >= 0.3 is 0 Å². The molecule has 3 aromatic rings. The Bertz CT molecular complexity index is 933. The van der Waals surface area contributed by atoms with Crippen LogP contribution in [-0.2, 0) is 13.6 Å². The lowest BCUT2D eigenvalue weighted by Crippen LogP contribution is -2.35. The predicted octanol–water partition coefficient (Wildman–Crippen LogP) is 3.77. The first kappa shape index (κ1) is 14.3. The van der Waals surface area contributed by atoms with Crippen molar-refractivity contribution in [3.8, 4) is 0 Å². The van der Waals surface area contributed by atoms with Crippen molar-refractivity contribution in [3.63, 3.8) is 0 Å². The molecule has 0 fully saturated rings. The topological polar surface area (TPSA) is 34.2 Å². The molecule has 4 rings (SSSR count). The number of hydrogen-bond donors (Lipinski definition) is 1. The summed E-state index contributed by atoms with van der Waals surface area (Å²) in [7, 11) is 2.17. The smallest absolute Gasteiger partial charge is 0.0524 e. The van der Waals surface area contributed by atoms with Gasteiger partial charge in [0.25, 0.3) is 0 Å². The van der Waals surface area contributed by atoms with Crippen LogP contribution in [0.5, 0.6) is 0 Å². The molecule has 0 spiro atoms. The largest absolute Gasteiger partial charge is 0.369 e. The van der Waals surface area contributed by atoms with Crippen LogP contribution in [-0.4, -0.2) is 22.1 Å². The lowest BCUT2D eigenvalue weighted by Gasteiger charge is -2.31. The van der Waals surface area contributed by atoms with Crippen LogP contribution >= 0.6 is 0 Å². The normalized spacial score (nSPS) is 15.4. The van der Waals surface area contributed by atoms with E-state index in [0.717, 1.165) is 6.54 Å². The highest BCUT2D eigenvalue weighted by atomic mass is 15.1. The highest BCUT2D eigenvalue weighted by Gasteiger charge is 2.20. The average molecular weight is 305 g/mol. The van der Waals surface area contributed by atoms with Crippen molar-refractivity contribution in [2.24, 2.45) is 12.8 Å². The van der Waals surface area contributed by atoms with Crippen molar-refractivity contribution in [1.82, 2.24) is 9.47 Å². The van der Waals surface area contributed by atoms with E-state index in [2.05, 4.69) is 73.0 Å². The number of hydrogen-bond acceptors (Lipinski definition) is 2. The summed E-state index contributed by atoms with van der Waals surface area (Å²) in [4.78, 5) is 2.33. The number of para-hydroxylation sites is 1. The van der Waals surface area contributed by atoms with Gasteiger partial charge in [-0.2, -0.15) is 0 Å². The molecule has 0 saturated carbocycles. The molecule has 0 unspecified atom stereocenters. The second kappa shape index (κ2) is 5.14. The van der Waals surface area contributed by atoms with Crippen molar-refractivity contribution in [2.75, 3.05) is 6.54 Å². The molecule has 0 amide bonds. The Balaban J connectivity index is 1.99. The monoisotopic (exact) mass is 305 g/mol. The molecule has 118 valence electrons. The van der Waals surface area contributed by atoms with Crippen molar-refractivity contribution in [3.05, 3.63) is 53.2 Å². The van der Waals surface area contributed by atoms with Gasteiger partial charge in [0.1, 0.15) is 0 Å². The summed E-state index contributed by atoms with van der Waals surface area (Å²) < 4.78 is 2.32. The van der Waals surface area contributed by atoms with E-state index in [0.29, 0.717) is 12.6 Å². The SMILES string of the molecule is Cc1c2c(cc3c4ccccc4n(C)c13)CN([C@H](C)CN)C=C2. The number of fused-ring (bicyclic) bond motifs is 4. The van der Waals surface area contributed by atoms with Crippen molar-refractivity contribution in [1.29, 1.82) is 0 Å². The van der Waals surface area contributed by atoms with E-state index in [1.165, 1.54) is 38.5 Å². The summed E-state index contributed by atoms with van der Waals surface area (Å²) in [6.07, 6.45) is 4.44. The molecule has 1 atom stereocenters. The molecule has 1 aliphatic heterocycles. The van der Waals surface area contributed by atoms with Crippen molar-refractivity contribution in [2.45, 2.75) is 26.4 Å². The molecular formula is C20H23N3. The zero-order chi connectivity index (χ0) is 16.1.